The van der Waals surface area contributed by atoms with E-state index < -0.39 is 5.79 Å². The average molecular weight is 214 g/mol. The van der Waals surface area contributed by atoms with Crippen molar-refractivity contribution in [1.29, 1.82) is 0 Å². The standard InChI is InChI=1S/C11H18O4/c1-8(5-6-10(12)13-4)9-7-14-11(2,3)15-9/h5-6,8-9H,7H2,1-4H3/b6-5-/t8-,9-/m0/s1. The SMILES string of the molecule is COC(=O)/C=C\[C@H](C)[C@@H]1COC(C)(C)O1. The minimum atomic E-state index is -0.516. The maximum absolute atomic E-state index is 10.9. The lowest BCUT2D eigenvalue weighted by Gasteiger charge is -2.19. The van der Waals surface area contributed by atoms with E-state index in [4.69, 9.17) is 9.47 Å². The Morgan fingerprint density at radius 1 is 1.60 bits per heavy atom. The summed E-state index contributed by atoms with van der Waals surface area (Å²) < 4.78 is 15.6. The van der Waals surface area contributed by atoms with Gasteiger partial charge in [-0.3, -0.25) is 0 Å². The fourth-order valence-electron chi connectivity index (χ4n) is 1.40. The molecule has 0 amide bonds. The molecule has 1 heterocycles. The van der Waals surface area contributed by atoms with Gasteiger partial charge in [0.2, 0.25) is 0 Å². The summed E-state index contributed by atoms with van der Waals surface area (Å²) in [5, 5.41) is 0. The Kier molecular flexibility index (Phi) is 3.88. The molecule has 0 spiro atoms. The van der Waals surface area contributed by atoms with Crippen molar-refractivity contribution in [1.82, 2.24) is 0 Å². The van der Waals surface area contributed by atoms with Crippen molar-refractivity contribution in [2.45, 2.75) is 32.7 Å². The molecule has 0 aromatic carbocycles. The third-order valence-corrected chi connectivity index (χ3v) is 2.35. The summed E-state index contributed by atoms with van der Waals surface area (Å²) in [6, 6.07) is 0. The Morgan fingerprint density at radius 3 is 2.73 bits per heavy atom. The van der Waals surface area contributed by atoms with Crippen molar-refractivity contribution in [3.8, 4) is 0 Å². The van der Waals surface area contributed by atoms with Gasteiger partial charge in [-0.05, 0) is 13.8 Å². The highest BCUT2D eigenvalue weighted by Crippen LogP contribution is 2.27. The van der Waals surface area contributed by atoms with E-state index in [0.29, 0.717) is 6.61 Å². The second-order valence-corrected chi connectivity index (χ2v) is 4.11. The van der Waals surface area contributed by atoms with E-state index in [0.717, 1.165) is 0 Å². The second-order valence-electron chi connectivity index (χ2n) is 4.11. The van der Waals surface area contributed by atoms with E-state index in [1.807, 2.05) is 20.8 Å². The van der Waals surface area contributed by atoms with Crippen LogP contribution < -0.4 is 0 Å². The van der Waals surface area contributed by atoms with Gasteiger partial charge in [0, 0.05) is 12.0 Å². The lowest BCUT2D eigenvalue weighted by molar-refractivity contribution is -0.141. The van der Waals surface area contributed by atoms with E-state index in [1.54, 1.807) is 6.08 Å². The first-order chi connectivity index (χ1) is 6.94. The molecule has 0 aliphatic carbocycles. The molecule has 1 aliphatic heterocycles. The first kappa shape index (κ1) is 12.2. The number of methoxy groups -OCH3 is 1. The molecular weight excluding hydrogens is 196 g/mol. The van der Waals surface area contributed by atoms with Crippen LogP contribution >= 0.6 is 0 Å². The number of carbonyl (C=O) groups excluding carboxylic acids is 1. The van der Waals surface area contributed by atoms with Gasteiger partial charge in [0.05, 0.1) is 19.8 Å². The minimum Gasteiger partial charge on any atom is -0.466 e. The summed E-state index contributed by atoms with van der Waals surface area (Å²) in [4.78, 5) is 10.9. The van der Waals surface area contributed by atoms with Crippen LogP contribution in [0.1, 0.15) is 20.8 Å². The van der Waals surface area contributed by atoms with Crippen LogP contribution in [0.25, 0.3) is 0 Å². The molecule has 0 aromatic heterocycles. The Bertz CT molecular complexity index is 257. The van der Waals surface area contributed by atoms with E-state index in [2.05, 4.69) is 4.74 Å². The summed E-state index contributed by atoms with van der Waals surface area (Å²) in [5.41, 5.74) is 0. The maximum atomic E-state index is 10.9. The van der Waals surface area contributed by atoms with Crippen molar-refractivity contribution in [3.63, 3.8) is 0 Å². The van der Waals surface area contributed by atoms with Crippen molar-refractivity contribution < 1.29 is 19.0 Å². The molecule has 15 heavy (non-hydrogen) atoms. The third kappa shape index (κ3) is 3.64. The fourth-order valence-corrected chi connectivity index (χ4v) is 1.40. The van der Waals surface area contributed by atoms with Gasteiger partial charge >= 0.3 is 5.97 Å². The lowest BCUT2D eigenvalue weighted by atomic mass is 10.1. The van der Waals surface area contributed by atoms with Crippen molar-refractivity contribution >= 4 is 5.97 Å². The molecule has 4 heteroatoms. The van der Waals surface area contributed by atoms with E-state index >= 15 is 0 Å². The quantitative estimate of drug-likeness (QED) is 0.527. The van der Waals surface area contributed by atoms with Gasteiger partial charge in [-0.2, -0.15) is 0 Å². The van der Waals surface area contributed by atoms with Crippen molar-refractivity contribution in [2.24, 2.45) is 5.92 Å². The van der Waals surface area contributed by atoms with Gasteiger partial charge in [0.25, 0.3) is 0 Å². The highest BCUT2D eigenvalue weighted by Gasteiger charge is 2.34. The number of carbonyl (C=O) groups is 1. The number of hydrogen-bond donors (Lipinski definition) is 0. The molecule has 0 radical (unpaired) electrons. The Balaban J connectivity index is 2.45. The molecule has 0 saturated carbocycles. The van der Waals surface area contributed by atoms with Gasteiger partial charge in [-0.15, -0.1) is 0 Å². The normalized spacial score (nSPS) is 26.8. The zero-order chi connectivity index (χ0) is 11.5. The number of rotatable bonds is 3. The van der Waals surface area contributed by atoms with Gasteiger partial charge in [-0.1, -0.05) is 13.0 Å². The van der Waals surface area contributed by atoms with Gasteiger partial charge < -0.3 is 14.2 Å². The van der Waals surface area contributed by atoms with Crippen LogP contribution in [0, 0.1) is 5.92 Å². The molecule has 1 rings (SSSR count). The monoisotopic (exact) mass is 214 g/mol. The first-order valence-electron chi connectivity index (χ1n) is 5.02. The predicted octanol–water partition coefficient (Wildman–Crippen LogP) is 1.50. The summed E-state index contributed by atoms with van der Waals surface area (Å²) in [6.07, 6.45) is 3.20. The lowest BCUT2D eigenvalue weighted by Crippen LogP contribution is -2.24. The molecule has 86 valence electrons. The predicted molar refractivity (Wildman–Crippen MR) is 55.2 cm³/mol. The molecule has 0 N–H and O–H groups in total. The zero-order valence-corrected chi connectivity index (χ0v) is 9.65. The van der Waals surface area contributed by atoms with Crippen LogP contribution in [-0.4, -0.2) is 31.6 Å². The van der Waals surface area contributed by atoms with Crippen LogP contribution in [0.5, 0.6) is 0 Å². The Labute approximate surface area is 90.2 Å². The average Bonchev–Trinajstić information content (AvgIpc) is 2.54. The van der Waals surface area contributed by atoms with E-state index in [1.165, 1.54) is 13.2 Å². The van der Waals surface area contributed by atoms with Crippen LogP contribution in [0.3, 0.4) is 0 Å². The second kappa shape index (κ2) is 4.77. The Hall–Kier alpha value is -0.870. The summed E-state index contributed by atoms with van der Waals surface area (Å²) in [6.45, 7) is 6.29. The third-order valence-electron chi connectivity index (χ3n) is 2.35. The van der Waals surface area contributed by atoms with Crippen LogP contribution in [-0.2, 0) is 19.0 Å². The maximum Gasteiger partial charge on any atom is 0.330 e. The summed E-state index contributed by atoms with van der Waals surface area (Å²) in [7, 11) is 1.36. The number of ether oxygens (including phenoxy) is 3. The minimum absolute atomic E-state index is 0.000839. The largest absolute Gasteiger partial charge is 0.466 e. The molecule has 0 unspecified atom stereocenters. The molecule has 0 bridgehead atoms. The number of hydrogen-bond acceptors (Lipinski definition) is 4. The van der Waals surface area contributed by atoms with Gasteiger partial charge in [0.15, 0.2) is 5.79 Å². The van der Waals surface area contributed by atoms with Crippen molar-refractivity contribution in [2.75, 3.05) is 13.7 Å². The molecule has 1 aliphatic rings. The van der Waals surface area contributed by atoms with Gasteiger partial charge in [0.1, 0.15) is 0 Å². The summed E-state index contributed by atoms with van der Waals surface area (Å²) >= 11 is 0. The molecule has 1 saturated heterocycles. The highest BCUT2D eigenvalue weighted by molar-refractivity contribution is 5.81. The van der Waals surface area contributed by atoms with E-state index in [-0.39, 0.29) is 18.0 Å². The Morgan fingerprint density at radius 2 is 2.27 bits per heavy atom. The van der Waals surface area contributed by atoms with Crippen LogP contribution in [0.4, 0.5) is 0 Å². The zero-order valence-electron chi connectivity index (χ0n) is 9.65. The van der Waals surface area contributed by atoms with Crippen molar-refractivity contribution in [3.05, 3.63) is 12.2 Å². The van der Waals surface area contributed by atoms with Crippen LogP contribution in [0.15, 0.2) is 12.2 Å². The number of esters is 1. The molecule has 0 aromatic rings. The molecule has 1 fully saturated rings. The van der Waals surface area contributed by atoms with Gasteiger partial charge in [-0.25, -0.2) is 4.79 Å². The molecular formula is C11H18O4. The van der Waals surface area contributed by atoms with Crippen LogP contribution in [0.2, 0.25) is 0 Å². The molecule has 4 nitrogen and oxygen atoms in total. The topological polar surface area (TPSA) is 44.8 Å². The fraction of sp³-hybridized carbons (Fsp3) is 0.727. The van der Waals surface area contributed by atoms with E-state index in [9.17, 15) is 4.79 Å². The first-order valence-corrected chi connectivity index (χ1v) is 5.02. The summed E-state index contributed by atoms with van der Waals surface area (Å²) in [5.74, 6) is -0.733. The highest BCUT2D eigenvalue weighted by atomic mass is 16.7. The molecule has 2 atom stereocenters. The smallest absolute Gasteiger partial charge is 0.330 e.